The van der Waals surface area contributed by atoms with Crippen molar-refractivity contribution in [2.45, 2.75) is 6.92 Å². The fourth-order valence-corrected chi connectivity index (χ4v) is 3.09. The van der Waals surface area contributed by atoms with Gasteiger partial charge in [-0.05, 0) is 68.6 Å². The van der Waals surface area contributed by atoms with Gasteiger partial charge in [-0.25, -0.2) is 4.39 Å². The highest BCUT2D eigenvalue weighted by atomic mass is 79.9. The SMILES string of the molecule is Cc1cc(C(=O)c2ccc(Br)c(F)c2)sc1Br. The first-order chi connectivity index (χ1) is 7.99. The quantitative estimate of drug-likeness (QED) is 0.676. The lowest BCUT2D eigenvalue weighted by Crippen LogP contribution is -1.99. The molecule has 0 atom stereocenters. The lowest BCUT2D eigenvalue weighted by molar-refractivity contribution is 0.104. The second-order valence-electron chi connectivity index (χ2n) is 3.53. The monoisotopic (exact) mass is 376 g/mol. The molecular formula is C12H7Br2FOS. The number of carbonyl (C=O) groups excluding carboxylic acids is 1. The minimum absolute atomic E-state index is 0.157. The van der Waals surface area contributed by atoms with Gasteiger partial charge in [0.25, 0.3) is 0 Å². The number of ketones is 1. The summed E-state index contributed by atoms with van der Waals surface area (Å²) in [4.78, 5) is 12.7. The highest BCUT2D eigenvalue weighted by Crippen LogP contribution is 2.29. The van der Waals surface area contributed by atoms with Crippen LogP contribution in [0.1, 0.15) is 20.8 Å². The Morgan fingerprint density at radius 1 is 1.29 bits per heavy atom. The Balaban J connectivity index is 2.40. The highest BCUT2D eigenvalue weighted by molar-refractivity contribution is 9.11. The van der Waals surface area contributed by atoms with Gasteiger partial charge in [0.1, 0.15) is 5.82 Å². The summed E-state index contributed by atoms with van der Waals surface area (Å²) >= 11 is 7.79. The molecule has 17 heavy (non-hydrogen) atoms. The van der Waals surface area contributed by atoms with E-state index in [9.17, 15) is 9.18 Å². The standard InChI is InChI=1S/C12H7Br2FOS/c1-6-4-10(17-12(6)14)11(16)7-2-3-8(13)9(15)5-7/h2-5H,1H3. The maximum atomic E-state index is 13.3. The summed E-state index contributed by atoms with van der Waals surface area (Å²) in [6.45, 7) is 1.92. The molecule has 0 N–H and O–H groups in total. The van der Waals surface area contributed by atoms with Crippen molar-refractivity contribution in [1.29, 1.82) is 0 Å². The minimum Gasteiger partial charge on any atom is -0.288 e. The van der Waals surface area contributed by atoms with E-state index in [1.807, 2.05) is 6.92 Å². The molecule has 0 unspecified atom stereocenters. The molecule has 1 nitrogen and oxygen atoms in total. The molecule has 0 bridgehead atoms. The van der Waals surface area contributed by atoms with Crippen LogP contribution >= 0.6 is 43.2 Å². The molecule has 0 radical (unpaired) electrons. The van der Waals surface area contributed by atoms with Crippen molar-refractivity contribution in [3.63, 3.8) is 0 Å². The summed E-state index contributed by atoms with van der Waals surface area (Å²) < 4.78 is 14.6. The molecule has 2 aromatic rings. The number of hydrogen-bond donors (Lipinski definition) is 0. The second kappa shape index (κ2) is 5.00. The number of carbonyl (C=O) groups is 1. The second-order valence-corrected chi connectivity index (χ2v) is 6.75. The van der Waals surface area contributed by atoms with Gasteiger partial charge in [0, 0.05) is 5.56 Å². The van der Waals surface area contributed by atoms with E-state index in [1.54, 1.807) is 12.1 Å². The molecule has 1 aromatic carbocycles. The van der Waals surface area contributed by atoms with Crippen molar-refractivity contribution in [3.8, 4) is 0 Å². The van der Waals surface area contributed by atoms with Crippen molar-refractivity contribution >= 4 is 49.0 Å². The first-order valence-corrected chi connectivity index (χ1v) is 7.15. The molecule has 1 heterocycles. The third kappa shape index (κ3) is 2.67. The molecule has 1 aromatic heterocycles. The maximum absolute atomic E-state index is 13.3. The lowest BCUT2D eigenvalue weighted by atomic mass is 10.1. The molecule has 0 aliphatic rings. The van der Waals surface area contributed by atoms with E-state index in [0.717, 1.165) is 9.35 Å². The Kier molecular flexibility index (Phi) is 3.80. The van der Waals surface area contributed by atoms with Crippen LogP contribution in [0.15, 0.2) is 32.5 Å². The van der Waals surface area contributed by atoms with Crippen LogP contribution in [0.25, 0.3) is 0 Å². The van der Waals surface area contributed by atoms with Gasteiger partial charge in [-0.3, -0.25) is 4.79 Å². The molecule has 0 saturated carbocycles. The van der Waals surface area contributed by atoms with Crippen LogP contribution in [-0.2, 0) is 0 Å². The molecule has 0 amide bonds. The number of halogens is 3. The topological polar surface area (TPSA) is 17.1 Å². The predicted molar refractivity (Wildman–Crippen MR) is 74.3 cm³/mol. The van der Waals surface area contributed by atoms with Crippen molar-refractivity contribution in [1.82, 2.24) is 0 Å². The molecule has 0 aliphatic heterocycles. The van der Waals surface area contributed by atoms with Gasteiger partial charge < -0.3 is 0 Å². The van der Waals surface area contributed by atoms with E-state index in [-0.39, 0.29) is 5.78 Å². The van der Waals surface area contributed by atoms with Crippen LogP contribution in [0.5, 0.6) is 0 Å². The van der Waals surface area contributed by atoms with Crippen molar-refractivity contribution in [2.24, 2.45) is 0 Å². The van der Waals surface area contributed by atoms with Gasteiger partial charge in [-0.1, -0.05) is 0 Å². The van der Waals surface area contributed by atoms with Gasteiger partial charge in [0.15, 0.2) is 0 Å². The third-order valence-corrected chi connectivity index (χ3v) is 5.04. The van der Waals surface area contributed by atoms with Crippen molar-refractivity contribution < 1.29 is 9.18 Å². The van der Waals surface area contributed by atoms with Gasteiger partial charge in [-0.15, -0.1) is 11.3 Å². The van der Waals surface area contributed by atoms with Crippen LogP contribution in [0.3, 0.4) is 0 Å². The first-order valence-electron chi connectivity index (χ1n) is 4.74. The normalized spacial score (nSPS) is 10.6. The van der Waals surface area contributed by atoms with E-state index in [1.165, 1.54) is 23.5 Å². The molecular weight excluding hydrogens is 371 g/mol. The zero-order valence-corrected chi connectivity index (χ0v) is 12.7. The summed E-state index contributed by atoms with van der Waals surface area (Å²) in [5, 5.41) is 0. The largest absolute Gasteiger partial charge is 0.288 e. The smallest absolute Gasteiger partial charge is 0.203 e. The van der Waals surface area contributed by atoms with Crippen LogP contribution in [0.2, 0.25) is 0 Å². The molecule has 0 fully saturated rings. The van der Waals surface area contributed by atoms with E-state index in [2.05, 4.69) is 31.9 Å². The summed E-state index contributed by atoms with van der Waals surface area (Å²) in [5.74, 6) is -0.585. The number of benzene rings is 1. The van der Waals surface area contributed by atoms with Gasteiger partial charge in [-0.2, -0.15) is 0 Å². The molecule has 0 spiro atoms. The summed E-state index contributed by atoms with van der Waals surface area (Å²) in [6, 6.07) is 6.20. The minimum atomic E-state index is -0.428. The third-order valence-electron chi connectivity index (χ3n) is 2.26. The summed E-state index contributed by atoms with van der Waals surface area (Å²) in [7, 11) is 0. The van der Waals surface area contributed by atoms with Crippen LogP contribution in [0.4, 0.5) is 4.39 Å². The zero-order valence-electron chi connectivity index (χ0n) is 8.76. The van der Waals surface area contributed by atoms with Gasteiger partial charge >= 0.3 is 0 Å². The van der Waals surface area contributed by atoms with Gasteiger partial charge in [0.05, 0.1) is 13.1 Å². The molecule has 0 aliphatic carbocycles. The summed E-state index contributed by atoms with van der Waals surface area (Å²) in [5.41, 5.74) is 1.37. The number of thiophene rings is 1. The average Bonchev–Trinajstić information content (AvgIpc) is 2.62. The fourth-order valence-electron chi connectivity index (χ4n) is 1.35. The Morgan fingerprint density at radius 3 is 2.53 bits per heavy atom. The van der Waals surface area contributed by atoms with Crippen molar-refractivity contribution in [3.05, 3.63) is 54.3 Å². The molecule has 2 rings (SSSR count). The molecule has 5 heteroatoms. The Hall–Kier alpha value is -0.520. The van der Waals surface area contributed by atoms with Gasteiger partial charge in [0.2, 0.25) is 5.78 Å². The van der Waals surface area contributed by atoms with Crippen LogP contribution < -0.4 is 0 Å². The Morgan fingerprint density at radius 2 is 2.00 bits per heavy atom. The predicted octanol–water partition coefficient (Wildman–Crippen LogP) is 4.95. The Bertz CT molecular complexity index is 573. The van der Waals surface area contributed by atoms with E-state index in [4.69, 9.17) is 0 Å². The first kappa shape index (κ1) is 12.9. The van der Waals surface area contributed by atoms with E-state index in [0.29, 0.717) is 14.9 Å². The van der Waals surface area contributed by atoms with E-state index < -0.39 is 5.82 Å². The van der Waals surface area contributed by atoms with Crippen molar-refractivity contribution in [2.75, 3.05) is 0 Å². The summed E-state index contributed by atoms with van der Waals surface area (Å²) in [6.07, 6.45) is 0. The Labute approximate surface area is 119 Å². The maximum Gasteiger partial charge on any atom is 0.203 e. The van der Waals surface area contributed by atoms with E-state index >= 15 is 0 Å². The molecule has 0 saturated heterocycles. The van der Waals surface area contributed by atoms with Crippen LogP contribution in [-0.4, -0.2) is 5.78 Å². The number of aryl methyl sites for hydroxylation is 1. The fraction of sp³-hybridized carbons (Fsp3) is 0.0833. The number of hydrogen-bond acceptors (Lipinski definition) is 2. The molecule has 88 valence electrons. The highest BCUT2D eigenvalue weighted by Gasteiger charge is 2.14. The lowest BCUT2D eigenvalue weighted by Gasteiger charge is -1.99. The zero-order chi connectivity index (χ0) is 12.6. The number of rotatable bonds is 2. The van der Waals surface area contributed by atoms with Crippen LogP contribution in [0, 0.1) is 12.7 Å². The average molecular weight is 378 g/mol.